The number of aromatic nitrogens is 1. The van der Waals surface area contributed by atoms with Gasteiger partial charge in [0.25, 0.3) is 0 Å². The molecule has 0 aromatic carbocycles. The molecule has 74 valence electrons. The van der Waals surface area contributed by atoms with Gasteiger partial charge in [0.05, 0.1) is 10.6 Å². The quantitative estimate of drug-likeness (QED) is 0.777. The zero-order valence-corrected chi connectivity index (χ0v) is 9.27. The maximum atomic E-state index is 9.97. The standard InChI is InChI=1S/C9H16N2OS/c1-6-5-7(13-11-6)8(12)9(2,3)10-4/h5,8,10,12H,1-4H3. The van der Waals surface area contributed by atoms with Crippen LogP contribution >= 0.6 is 11.5 Å². The zero-order chi connectivity index (χ0) is 10.1. The minimum atomic E-state index is -0.497. The van der Waals surface area contributed by atoms with E-state index in [1.54, 1.807) is 0 Å². The minimum absolute atomic E-state index is 0.307. The number of hydrogen-bond acceptors (Lipinski definition) is 4. The second-order valence-corrected chi connectivity index (χ2v) is 4.58. The molecule has 0 fully saturated rings. The molecule has 4 heteroatoms. The number of aryl methyl sites for hydroxylation is 1. The maximum Gasteiger partial charge on any atom is 0.107 e. The Labute approximate surface area is 83.0 Å². The first-order chi connectivity index (χ1) is 5.97. The molecule has 3 nitrogen and oxygen atoms in total. The largest absolute Gasteiger partial charge is 0.386 e. The molecule has 0 bridgehead atoms. The van der Waals surface area contributed by atoms with Crippen LogP contribution in [0.3, 0.4) is 0 Å². The van der Waals surface area contributed by atoms with Gasteiger partial charge in [0.15, 0.2) is 0 Å². The number of nitrogens with one attached hydrogen (secondary N) is 1. The summed E-state index contributed by atoms with van der Waals surface area (Å²) in [5, 5.41) is 13.0. The van der Waals surface area contributed by atoms with Crippen LogP contribution in [0.2, 0.25) is 0 Å². The highest BCUT2D eigenvalue weighted by Crippen LogP contribution is 2.28. The third-order valence-electron chi connectivity index (χ3n) is 2.24. The number of aliphatic hydroxyl groups excluding tert-OH is 1. The molecule has 13 heavy (non-hydrogen) atoms. The zero-order valence-electron chi connectivity index (χ0n) is 8.46. The fraction of sp³-hybridized carbons (Fsp3) is 0.667. The molecule has 0 aliphatic heterocycles. The molecule has 0 radical (unpaired) electrons. The smallest absolute Gasteiger partial charge is 0.107 e. The lowest BCUT2D eigenvalue weighted by Gasteiger charge is -2.28. The van der Waals surface area contributed by atoms with Crippen LogP contribution < -0.4 is 5.32 Å². The van der Waals surface area contributed by atoms with E-state index in [0.717, 1.165) is 10.6 Å². The van der Waals surface area contributed by atoms with Gasteiger partial charge >= 0.3 is 0 Å². The van der Waals surface area contributed by atoms with Gasteiger partial charge in [0.2, 0.25) is 0 Å². The molecule has 0 spiro atoms. The molecule has 0 saturated heterocycles. The predicted octanol–water partition coefficient (Wildman–Crippen LogP) is 1.48. The summed E-state index contributed by atoms with van der Waals surface area (Å²) in [5.74, 6) is 0. The van der Waals surface area contributed by atoms with Gasteiger partial charge in [0.1, 0.15) is 6.10 Å². The average molecular weight is 200 g/mol. The molecule has 1 aromatic heterocycles. The Kier molecular flexibility index (Phi) is 3.05. The van der Waals surface area contributed by atoms with E-state index in [-0.39, 0.29) is 5.54 Å². The molecule has 1 rings (SSSR count). The summed E-state index contributed by atoms with van der Waals surface area (Å²) >= 11 is 1.36. The molecular weight excluding hydrogens is 184 g/mol. The number of likely N-dealkylation sites (N-methyl/N-ethyl adjacent to an activating group) is 1. The van der Waals surface area contributed by atoms with Gasteiger partial charge in [0, 0.05) is 5.54 Å². The van der Waals surface area contributed by atoms with Gasteiger partial charge < -0.3 is 10.4 Å². The molecule has 0 amide bonds. The summed E-state index contributed by atoms with van der Waals surface area (Å²) in [6.07, 6.45) is -0.497. The van der Waals surface area contributed by atoms with Crippen molar-refractivity contribution in [2.45, 2.75) is 32.4 Å². The summed E-state index contributed by atoms with van der Waals surface area (Å²) in [5.41, 5.74) is 0.657. The Balaban J connectivity index is 2.84. The lowest BCUT2D eigenvalue weighted by atomic mass is 9.96. The number of nitrogens with zero attached hydrogens (tertiary/aromatic N) is 1. The molecular formula is C9H16N2OS. The van der Waals surface area contributed by atoms with Crippen LogP contribution in [0.1, 0.15) is 30.5 Å². The Morgan fingerprint density at radius 1 is 1.62 bits per heavy atom. The first-order valence-electron chi connectivity index (χ1n) is 4.27. The molecule has 0 saturated carbocycles. The van der Waals surface area contributed by atoms with E-state index < -0.39 is 6.10 Å². The van der Waals surface area contributed by atoms with Gasteiger partial charge in [-0.2, -0.15) is 4.37 Å². The van der Waals surface area contributed by atoms with Crippen molar-refractivity contribution >= 4 is 11.5 Å². The van der Waals surface area contributed by atoms with E-state index in [2.05, 4.69) is 9.69 Å². The van der Waals surface area contributed by atoms with E-state index in [9.17, 15) is 5.11 Å². The third-order valence-corrected chi connectivity index (χ3v) is 3.17. The minimum Gasteiger partial charge on any atom is -0.386 e. The van der Waals surface area contributed by atoms with Crippen LogP contribution in [0, 0.1) is 6.92 Å². The van der Waals surface area contributed by atoms with Crippen molar-refractivity contribution < 1.29 is 5.11 Å². The maximum absolute atomic E-state index is 9.97. The van der Waals surface area contributed by atoms with Crippen LogP contribution in [0.5, 0.6) is 0 Å². The van der Waals surface area contributed by atoms with Crippen molar-refractivity contribution in [1.82, 2.24) is 9.69 Å². The third kappa shape index (κ3) is 2.27. The topological polar surface area (TPSA) is 45.1 Å². The Bertz CT molecular complexity index is 283. The van der Waals surface area contributed by atoms with Crippen molar-refractivity contribution in [2.75, 3.05) is 7.05 Å². The second-order valence-electron chi connectivity index (χ2n) is 3.74. The van der Waals surface area contributed by atoms with Gasteiger partial charge in [-0.15, -0.1) is 0 Å². The SMILES string of the molecule is CNC(C)(C)C(O)c1cc(C)ns1. The van der Waals surface area contributed by atoms with Gasteiger partial charge in [-0.1, -0.05) is 0 Å². The molecule has 0 aliphatic rings. The van der Waals surface area contributed by atoms with E-state index in [1.807, 2.05) is 33.9 Å². The summed E-state index contributed by atoms with van der Waals surface area (Å²) < 4.78 is 4.14. The average Bonchev–Trinajstić information content (AvgIpc) is 2.50. The lowest BCUT2D eigenvalue weighted by molar-refractivity contribution is 0.0886. The van der Waals surface area contributed by atoms with Crippen molar-refractivity contribution in [2.24, 2.45) is 0 Å². The lowest BCUT2D eigenvalue weighted by Crippen LogP contribution is -2.42. The normalized spacial score (nSPS) is 14.5. The van der Waals surface area contributed by atoms with Crippen LogP contribution in [0.4, 0.5) is 0 Å². The number of hydrogen-bond donors (Lipinski definition) is 2. The summed E-state index contributed by atoms with van der Waals surface area (Å²) in [6, 6.07) is 1.93. The van der Waals surface area contributed by atoms with Gasteiger partial charge in [-0.3, -0.25) is 0 Å². The van der Waals surface area contributed by atoms with E-state index in [4.69, 9.17) is 0 Å². The van der Waals surface area contributed by atoms with Gasteiger partial charge in [-0.25, -0.2) is 0 Å². The highest BCUT2D eigenvalue weighted by Gasteiger charge is 2.28. The molecule has 1 heterocycles. The van der Waals surface area contributed by atoms with Crippen LogP contribution in [0.25, 0.3) is 0 Å². The first kappa shape index (κ1) is 10.6. The van der Waals surface area contributed by atoms with Crippen molar-refractivity contribution in [3.8, 4) is 0 Å². The highest BCUT2D eigenvalue weighted by molar-refractivity contribution is 7.05. The molecule has 1 atom stereocenters. The summed E-state index contributed by atoms with van der Waals surface area (Å²) in [6.45, 7) is 5.86. The first-order valence-corrected chi connectivity index (χ1v) is 5.05. The second kappa shape index (κ2) is 3.74. The van der Waals surface area contributed by atoms with Crippen molar-refractivity contribution in [3.05, 3.63) is 16.6 Å². The number of rotatable bonds is 3. The Hall–Kier alpha value is -0.450. The Morgan fingerprint density at radius 3 is 2.62 bits per heavy atom. The summed E-state index contributed by atoms with van der Waals surface area (Å²) in [4.78, 5) is 0.914. The molecule has 2 N–H and O–H groups in total. The molecule has 1 unspecified atom stereocenters. The fourth-order valence-electron chi connectivity index (χ4n) is 1.00. The highest BCUT2D eigenvalue weighted by atomic mass is 32.1. The summed E-state index contributed by atoms with van der Waals surface area (Å²) in [7, 11) is 1.84. The number of aliphatic hydroxyl groups is 1. The van der Waals surface area contributed by atoms with E-state index in [0.29, 0.717) is 0 Å². The fourth-order valence-corrected chi connectivity index (χ4v) is 1.92. The van der Waals surface area contributed by atoms with Gasteiger partial charge in [-0.05, 0) is 45.4 Å². The van der Waals surface area contributed by atoms with Crippen molar-refractivity contribution in [1.29, 1.82) is 0 Å². The van der Waals surface area contributed by atoms with E-state index in [1.165, 1.54) is 11.5 Å². The monoisotopic (exact) mass is 200 g/mol. The van der Waals surface area contributed by atoms with E-state index >= 15 is 0 Å². The van der Waals surface area contributed by atoms with Crippen LogP contribution in [-0.4, -0.2) is 22.1 Å². The molecule has 1 aromatic rings. The Morgan fingerprint density at radius 2 is 2.23 bits per heavy atom. The predicted molar refractivity (Wildman–Crippen MR) is 54.9 cm³/mol. The van der Waals surface area contributed by atoms with Crippen LogP contribution in [0.15, 0.2) is 6.07 Å². The van der Waals surface area contributed by atoms with Crippen molar-refractivity contribution in [3.63, 3.8) is 0 Å². The van der Waals surface area contributed by atoms with Crippen LogP contribution in [-0.2, 0) is 0 Å². The molecule has 0 aliphatic carbocycles.